The van der Waals surface area contributed by atoms with Crippen LogP contribution in [0.15, 0.2) is 24.3 Å². The molecule has 1 amide bonds. The number of nitrogens with zero attached hydrogens (tertiary/aromatic N) is 1. The molecule has 1 aromatic carbocycles. The van der Waals surface area contributed by atoms with E-state index in [0.29, 0.717) is 25.1 Å². The number of ketones is 1. The summed E-state index contributed by atoms with van der Waals surface area (Å²) >= 11 is 0. The van der Waals surface area contributed by atoms with Crippen LogP contribution in [-0.2, 0) is 4.79 Å². The number of rotatable bonds is 4. The van der Waals surface area contributed by atoms with Crippen LogP contribution in [0.4, 0.5) is 4.39 Å². The molecule has 5 heteroatoms. The summed E-state index contributed by atoms with van der Waals surface area (Å²) in [6.45, 7) is 5.56. The van der Waals surface area contributed by atoms with Crippen molar-refractivity contribution in [3.05, 3.63) is 35.6 Å². The van der Waals surface area contributed by atoms with E-state index in [9.17, 15) is 14.0 Å². The van der Waals surface area contributed by atoms with Crippen molar-refractivity contribution in [2.75, 3.05) is 19.6 Å². The van der Waals surface area contributed by atoms with Gasteiger partial charge in [-0.2, -0.15) is 0 Å². The number of benzene rings is 1. The largest absolute Gasteiger partial charge is 0.353 e. The molecule has 0 atom stereocenters. The van der Waals surface area contributed by atoms with Gasteiger partial charge in [-0.05, 0) is 38.1 Å². The van der Waals surface area contributed by atoms with E-state index in [1.807, 2.05) is 18.7 Å². The van der Waals surface area contributed by atoms with Crippen molar-refractivity contribution < 1.29 is 14.0 Å². The Labute approximate surface area is 118 Å². The van der Waals surface area contributed by atoms with Gasteiger partial charge in [-0.1, -0.05) is 0 Å². The van der Waals surface area contributed by atoms with Crippen molar-refractivity contribution >= 4 is 11.7 Å². The first-order valence-corrected chi connectivity index (χ1v) is 6.73. The molecule has 1 saturated heterocycles. The van der Waals surface area contributed by atoms with Gasteiger partial charge in [0.15, 0.2) is 5.78 Å². The van der Waals surface area contributed by atoms with Crippen LogP contribution < -0.4 is 5.32 Å². The zero-order valence-electron chi connectivity index (χ0n) is 11.8. The second kappa shape index (κ2) is 5.71. The van der Waals surface area contributed by atoms with Crippen molar-refractivity contribution in [2.45, 2.75) is 25.8 Å². The van der Waals surface area contributed by atoms with Crippen LogP contribution in [0.2, 0.25) is 0 Å². The van der Waals surface area contributed by atoms with E-state index in [4.69, 9.17) is 0 Å². The monoisotopic (exact) mass is 278 g/mol. The summed E-state index contributed by atoms with van der Waals surface area (Å²) in [6, 6.07) is 5.55. The molecule has 0 spiro atoms. The molecule has 0 aliphatic carbocycles. The average Bonchev–Trinajstić information content (AvgIpc) is 2.41. The quantitative estimate of drug-likeness (QED) is 0.851. The van der Waals surface area contributed by atoms with Gasteiger partial charge in [0, 0.05) is 31.6 Å². The Morgan fingerprint density at radius 1 is 1.35 bits per heavy atom. The maximum absolute atomic E-state index is 12.8. The molecule has 108 valence electrons. The van der Waals surface area contributed by atoms with Crippen LogP contribution in [0.3, 0.4) is 0 Å². The number of hydrogen-bond donors (Lipinski definition) is 1. The number of piperazine rings is 1. The Kier molecular flexibility index (Phi) is 4.18. The van der Waals surface area contributed by atoms with Gasteiger partial charge in [0.2, 0.25) is 5.91 Å². The lowest BCUT2D eigenvalue weighted by atomic mass is 9.98. The number of carbonyl (C=O) groups is 2. The molecule has 1 aromatic rings. The van der Waals surface area contributed by atoms with E-state index >= 15 is 0 Å². The van der Waals surface area contributed by atoms with Crippen molar-refractivity contribution in [2.24, 2.45) is 0 Å². The maximum Gasteiger partial charge on any atom is 0.239 e. The third kappa shape index (κ3) is 3.04. The molecular weight excluding hydrogens is 259 g/mol. The maximum atomic E-state index is 12.8. The highest BCUT2D eigenvalue weighted by molar-refractivity contribution is 5.96. The Hall–Kier alpha value is -1.75. The van der Waals surface area contributed by atoms with E-state index in [1.165, 1.54) is 24.3 Å². The highest BCUT2D eigenvalue weighted by atomic mass is 19.1. The zero-order chi connectivity index (χ0) is 14.8. The van der Waals surface area contributed by atoms with Crippen molar-refractivity contribution in [3.63, 3.8) is 0 Å². The Morgan fingerprint density at radius 3 is 2.65 bits per heavy atom. The SMILES string of the molecule is CC1(C)C(=O)NCCN1CCC(=O)c1ccc(F)cc1. The van der Waals surface area contributed by atoms with Gasteiger partial charge in [-0.15, -0.1) is 0 Å². The van der Waals surface area contributed by atoms with Gasteiger partial charge in [-0.25, -0.2) is 4.39 Å². The number of nitrogens with one attached hydrogen (secondary N) is 1. The summed E-state index contributed by atoms with van der Waals surface area (Å²) < 4.78 is 12.8. The molecular formula is C15H19FN2O2. The number of carbonyl (C=O) groups excluding carboxylic acids is 2. The summed E-state index contributed by atoms with van der Waals surface area (Å²) in [6.07, 6.45) is 0.322. The Morgan fingerprint density at radius 2 is 2.00 bits per heavy atom. The molecule has 0 aromatic heterocycles. The Balaban J connectivity index is 1.96. The summed E-state index contributed by atoms with van der Waals surface area (Å²) in [5.74, 6) is -0.403. The summed E-state index contributed by atoms with van der Waals surface area (Å²) in [4.78, 5) is 25.8. The normalized spacial score (nSPS) is 18.6. The zero-order valence-corrected chi connectivity index (χ0v) is 11.8. The highest BCUT2D eigenvalue weighted by Crippen LogP contribution is 2.18. The fourth-order valence-corrected chi connectivity index (χ4v) is 2.35. The lowest BCUT2D eigenvalue weighted by Crippen LogP contribution is -2.61. The molecule has 1 fully saturated rings. The fraction of sp³-hybridized carbons (Fsp3) is 0.467. The molecule has 1 aliphatic heterocycles. The van der Waals surface area contributed by atoms with Gasteiger partial charge in [-0.3, -0.25) is 14.5 Å². The minimum absolute atomic E-state index is 0.0158. The fourth-order valence-electron chi connectivity index (χ4n) is 2.35. The molecule has 2 rings (SSSR count). The van der Waals surface area contributed by atoms with E-state index in [2.05, 4.69) is 5.32 Å². The first-order chi connectivity index (χ1) is 9.41. The molecule has 4 nitrogen and oxygen atoms in total. The minimum Gasteiger partial charge on any atom is -0.353 e. The molecule has 0 saturated carbocycles. The van der Waals surface area contributed by atoms with Crippen molar-refractivity contribution in [1.29, 1.82) is 0 Å². The van der Waals surface area contributed by atoms with Crippen molar-refractivity contribution in [1.82, 2.24) is 10.2 Å². The van der Waals surface area contributed by atoms with Gasteiger partial charge < -0.3 is 5.32 Å². The van der Waals surface area contributed by atoms with Crippen LogP contribution in [0.1, 0.15) is 30.6 Å². The predicted octanol–water partition coefficient (Wildman–Crippen LogP) is 1.61. The van der Waals surface area contributed by atoms with Gasteiger partial charge in [0.25, 0.3) is 0 Å². The smallest absolute Gasteiger partial charge is 0.239 e. The Bertz CT molecular complexity index is 511. The van der Waals surface area contributed by atoms with E-state index in [1.54, 1.807) is 0 Å². The molecule has 0 bridgehead atoms. The van der Waals surface area contributed by atoms with E-state index < -0.39 is 5.54 Å². The van der Waals surface area contributed by atoms with Crippen LogP contribution in [0.25, 0.3) is 0 Å². The first kappa shape index (κ1) is 14.7. The average molecular weight is 278 g/mol. The minimum atomic E-state index is -0.596. The van der Waals surface area contributed by atoms with Crippen LogP contribution in [-0.4, -0.2) is 41.8 Å². The van der Waals surface area contributed by atoms with Gasteiger partial charge >= 0.3 is 0 Å². The molecule has 1 aliphatic rings. The summed E-state index contributed by atoms with van der Waals surface area (Å²) in [5.41, 5.74) is -0.0907. The van der Waals surface area contributed by atoms with E-state index in [-0.39, 0.29) is 17.5 Å². The third-order valence-electron chi connectivity index (χ3n) is 3.79. The van der Waals surface area contributed by atoms with E-state index in [0.717, 1.165) is 6.54 Å². The number of hydrogen-bond acceptors (Lipinski definition) is 3. The first-order valence-electron chi connectivity index (χ1n) is 6.73. The van der Waals surface area contributed by atoms with Crippen LogP contribution in [0, 0.1) is 5.82 Å². The van der Waals surface area contributed by atoms with Crippen molar-refractivity contribution in [3.8, 4) is 0 Å². The lowest BCUT2D eigenvalue weighted by molar-refractivity contribution is -0.134. The topological polar surface area (TPSA) is 49.4 Å². The standard InChI is InChI=1S/C15H19FN2O2/c1-15(2)14(20)17-8-10-18(15)9-7-13(19)11-3-5-12(16)6-4-11/h3-6H,7-10H2,1-2H3,(H,17,20). The number of Topliss-reactive ketones (excluding diaryl/α,β-unsaturated/α-hetero) is 1. The van der Waals surface area contributed by atoms with Crippen LogP contribution >= 0.6 is 0 Å². The third-order valence-corrected chi connectivity index (χ3v) is 3.79. The molecule has 1 heterocycles. The molecule has 20 heavy (non-hydrogen) atoms. The van der Waals surface area contributed by atoms with Gasteiger partial charge in [0.05, 0.1) is 5.54 Å². The second-order valence-electron chi connectivity index (χ2n) is 5.48. The lowest BCUT2D eigenvalue weighted by Gasteiger charge is -2.41. The number of amides is 1. The summed E-state index contributed by atoms with van der Waals surface area (Å²) in [5, 5.41) is 2.82. The summed E-state index contributed by atoms with van der Waals surface area (Å²) in [7, 11) is 0. The van der Waals surface area contributed by atoms with Crippen LogP contribution in [0.5, 0.6) is 0 Å². The van der Waals surface area contributed by atoms with Gasteiger partial charge in [0.1, 0.15) is 5.82 Å². The molecule has 0 radical (unpaired) electrons. The number of halogens is 1. The highest BCUT2D eigenvalue weighted by Gasteiger charge is 2.37. The molecule has 0 unspecified atom stereocenters. The molecule has 1 N–H and O–H groups in total. The predicted molar refractivity (Wildman–Crippen MR) is 74.0 cm³/mol. The second-order valence-corrected chi connectivity index (χ2v) is 5.48.